The Kier molecular flexibility index (Phi) is 11.7. The number of nitrogens with one attached hydrogen (secondary N) is 1. The molecule has 1 saturated heterocycles. The summed E-state index contributed by atoms with van der Waals surface area (Å²) in [4.78, 5) is 68.2. The topological polar surface area (TPSA) is 177 Å². The molecule has 0 saturated carbocycles. The Morgan fingerprint density at radius 1 is 1.16 bits per heavy atom. The van der Waals surface area contributed by atoms with Crippen molar-refractivity contribution in [2.75, 3.05) is 27.1 Å². The van der Waals surface area contributed by atoms with E-state index in [1.165, 1.54) is 33.2 Å². The molecule has 238 valence electrons. The molecule has 0 aliphatic carbocycles. The van der Waals surface area contributed by atoms with Crippen LogP contribution in [0.5, 0.6) is 11.5 Å². The van der Waals surface area contributed by atoms with Gasteiger partial charge < -0.3 is 34.1 Å². The average Bonchev–Trinajstić information content (AvgIpc) is 3.04. The minimum atomic E-state index is -1.84. The van der Waals surface area contributed by atoms with Crippen LogP contribution in [0.25, 0.3) is 0 Å². The van der Waals surface area contributed by atoms with E-state index in [2.05, 4.69) is 10.3 Å². The van der Waals surface area contributed by atoms with E-state index in [-0.39, 0.29) is 36.6 Å². The Balaban J connectivity index is 1.95. The summed E-state index contributed by atoms with van der Waals surface area (Å²) in [5, 5.41) is 13.1. The number of pyridine rings is 1. The summed E-state index contributed by atoms with van der Waals surface area (Å²) in [7, 11) is 1.34. The zero-order valence-corrected chi connectivity index (χ0v) is 25.4. The largest absolute Gasteiger partial charge is 0.493 e. The summed E-state index contributed by atoms with van der Waals surface area (Å²) >= 11 is 0. The lowest BCUT2D eigenvalue weighted by Crippen LogP contribution is -2.54. The number of amides is 1. The monoisotopic (exact) mass is 614 g/mol. The van der Waals surface area contributed by atoms with E-state index in [9.17, 15) is 29.1 Å². The molecule has 3 rings (SSSR count). The molecule has 0 bridgehead atoms. The molecule has 2 N–H and O–H groups in total. The predicted octanol–water partition coefficient (Wildman–Crippen LogP) is 2.80. The van der Waals surface area contributed by atoms with Gasteiger partial charge >= 0.3 is 23.9 Å². The third-order valence-electron chi connectivity index (χ3n) is 7.43. The first-order valence-corrected chi connectivity index (χ1v) is 14.1. The number of ether oxygens (including phenoxy) is 5. The number of benzene rings is 1. The highest BCUT2D eigenvalue weighted by Gasteiger charge is 2.52. The minimum absolute atomic E-state index is 0.105. The number of cyclic esters (lactones) is 2. The molecular weight excluding hydrogens is 576 g/mol. The van der Waals surface area contributed by atoms with Gasteiger partial charge in [-0.25, -0.2) is 4.98 Å². The van der Waals surface area contributed by atoms with Crippen molar-refractivity contribution in [2.45, 2.75) is 46.6 Å². The van der Waals surface area contributed by atoms with Crippen molar-refractivity contribution in [1.29, 1.82) is 0 Å². The van der Waals surface area contributed by atoms with Gasteiger partial charge in [0.25, 0.3) is 5.91 Å². The van der Waals surface area contributed by atoms with Crippen LogP contribution in [0.4, 0.5) is 0 Å². The number of carboxylic acids is 1. The number of carbonyl (C=O) groups excluding carboxylic acids is 4. The van der Waals surface area contributed by atoms with Gasteiger partial charge in [-0.1, -0.05) is 44.2 Å². The second kappa shape index (κ2) is 15.2. The molecule has 2 heterocycles. The van der Waals surface area contributed by atoms with Crippen LogP contribution in [0.2, 0.25) is 0 Å². The molecule has 0 spiro atoms. The maximum absolute atomic E-state index is 13.5. The molecule has 1 aliphatic rings. The van der Waals surface area contributed by atoms with E-state index in [1.807, 2.05) is 6.07 Å². The number of hydrogen-bond donors (Lipinski definition) is 2. The van der Waals surface area contributed by atoms with E-state index < -0.39 is 72.4 Å². The molecule has 1 aromatic carbocycles. The molecule has 0 radical (unpaired) electrons. The Labute approximate surface area is 255 Å². The van der Waals surface area contributed by atoms with Gasteiger partial charge in [-0.2, -0.15) is 0 Å². The Morgan fingerprint density at radius 2 is 1.86 bits per heavy atom. The fourth-order valence-electron chi connectivity index (χ4n) is 5.08. The van der Waals surface area contributed by atoms with Crippen molar-refractivity contribution in [3.05, 3.63) is 53.9 Å². The third kappa shape index (κ3) is 8.23. The summed E-state index contributed by atoms with van der Waals surface area (Å²) in [5.41, 5.74) is -1.35. The van der Waals surface area contributed by atoms with Gasteiger partial charge in [-0.15, -0.1) is 0 Å². The number of nitrogens with zero attached hydrogens (tertiary/aromatic N) is 1. The molecule has 1 amide bonds. The molecule has 2 aromatic rings. The first-order chi connectivity index (χ1) is 20.9. The van der Waals surface area contributed by atoms with E-state index in [0.717, 1.165) is 5.56 Å². The molecule has 44 heavy (non-hydrogen) atoms. The van der Waals surface area contributed by atoms with Gasteiger partial charge in [-0.3, -0.25) is 24.0 Å². The van der Waals surface area contributed by atoms with E-state index in [0.29, 0.717) is 0 Å². The highest BCUT2D eigenvalue weighted by Crippen LogP contribution is 2.40. The summed E-state index contributed by atoms with van der Waals surface area (Å²) in [6.45, 7) is 4.96. The summed E-state index contributed by atoms with van der Waals surface area (Å²) < 4.78 is 26.8. The maximum atomic E-state index is 13.5. The standard InChI is InChI=1S/C31H38N2O11/c1-18(2)28(36)43-17-42-26-22(40-5)11-13-32-25(26)27(35)33-16-31(4,30(38)39)24-19(3)44-23(34)12-14-41-29(37)21(24)15-20-9-7-6-8-10-20/h6-11,13,18-19,21,24H,12,14-17H2,1-5H3,(H,33,35)(H,38,39). The molecule has 1 aromatic heterocycles. The highest BCUT2D eigenvalue weighted by molar-refractivity contribution is 5.96. The average molecular weight is 615 g/mol. The molecule has 4 unspecified atom stereocenters. The molecule has 13 heteroatoms. The fourth-order valence-corrected chi connectivity index (χ4v) is 5.08. The first-order valence-electron chi connectivity index (χ1n) is 14.1. The molecule has 1 aliphatic heterocycles. The zero-order chi connectivity index (χ0) is 32.4. The smallest absolute Gasteiger partial charge is 0.311 e. The van der Waals surface area contributed by atoms with Crippen molar-refractivity contribution in [3.8, 4) is 11.5 Å². The predicted molar refractivity (Wildman–Crippen MR) is 154 cm³/mol. The van der Waals surface area contributed by atoms with Crippen LogP contribution in [0.15, 0.2) is 42.6 Å². The summed E-state index contributed by atoms with van der Waals surface area (Å²) in [5.74, 6) is -6.59. The SMILES string of the molecule is COc1ccnc(C(=O)NCC(C)(C(=O)O)C2C(C)OC(=O)CCOC(=O)C2Cc2ccccc2)c1OCOC(=O)C(C)C. The Bertz CT molecular complexity index is 1350. The van der Waals surface area contributed by atoms with Crippen LogP contribution < -0.4 is 14.8 Å². The van der Waals surface area contributed by atoms with Crippen molar-refractivity contribution >= 4 is 29.8 Å². The Hall–Kier alpha value is -4.68. The van der Waals surface area contributed by atoms with Crippen molar-refractivity contribution in [3.63, 3.8) is 0 Å². The van der Waals surface area contributed by atoms with Crippen molar-refractivity contribution in [1.82, 2.24) is 10.3 Å². The number of hydrogen-bond acceptors (Lipinski definition) is 11. The van der Waals surface area contributed by atoms with Crippen LogP contribution in [0, 0.1) is 23.2 Å². The van der Waals surface area contributed by atoms with Gasteiger partial charge in [0.15, 0.2) is 17.2 Å². The van der Waals surface area contributed by atoms with E-state index in [1.54, 1.807) is 38.1 Å². The van der Waals surface area contributed by atoms with Crippen molar-refractivity contribution in [2.24, 2.45) is 23.2 Å². The lowest BCUT2D eigenvalue weighted by molar-refractivity contribution is -0.169. The molecular formula is C31H38N2O11. The van der Waals surface area contributed by atoms with E-state index in [4.69, 9.17) is 23.7 Å². The van der Waals surface area contributed by atoms with Crippen LogP contribution in [0.3, 0.4) is 0 Å². The van der Waals surface area contributed by atoms with Crippen LogP contribution in [-0.4, -0.2) is 73.0 Å². The van der Waals surface area contributed by atoms with Gasteiger partial charge in [0, 0.05) is 24.7 Å². The normalized spacial score (nSPS) is 20.1. The number of methoxy groups -OCH3 is 1. The fraction of sp³-hybridized carbons (Fsp3) is 0.484. The lowest BCUT2D eigenvalue weighted by Gasteiger charge is -2.40. The highest BCUT2D eigenvalue weighted by atomic mass is 16.7. The maximum Gasteiger partial charge on any atom is 0.311 e. The number of esters is 3. The first kappa shape index (κ1) is 33.8. The summed E-state index contributed by atoms with van der Waals surface area (Å²) in [6.07, 6.45) is 0.179. The third-order valence-corrected chi connectivity index (χ3v) is 7.43. The van der Waals surface area contributed by atoms with Crippen LogP contribution >= 0.6 is 0 Å². The van der Waals surface area contributed by atoms with Crippen LogP contribution in [0.1, 0.15) is 50.2 Å². The second-order valence-electron chi connectivity index (χ2n) is 10.9. The Morgan fingerprint density at radius 3 is 2.50 bits per heavy atom. The molecule has 13 nitrogen and oxygen atoms in total. The molecule has 1 fully saturated rings. The number of rotatable bonds is 12. The number of aliphatic carboxylic acids is 1. The zero-order valence-electron chi connectivity index (χ0n) is 25.4. The summed E-state index contributed by atoms with van der Waals surface area (Å²) in [6, 6.07) is 10.4. The minimum Gasteiger partial charge on any atom is -0.493 e. The van der Waals surface area contributed by atoms with Crippen molar-refractivity contribution < 1.29 is 52.8 Å². The van der Waals surface area contributed by atoms with Crippen LogP contribution in [-0.2, 0) is 39.8 Å². The van der Waals surface area contributed by atoms with Gasteiger partial charge in [0.2, 0.25) is 6.79 Å². The number of carboxylic acid groups (broad SMARTS) is 1. The van der Waals surface area contributed by atoms with E-state index >= 15 is 0 Å². The molecule has 4 atom stereocenters. The van der Waals surface area contributed by atoms with Gasteiger partial charge in [-0.05, 0) is 25.8 Å². The quantitative estimate of drug-likeness (QED) is 0.203. The van der Waals surface area contributed by atoms with Gasteiger partial charge in [0.1, 0.15) is 12.7 Å². The number of carbonyl (C=O) groups is 5. The second-order valence-corrected chi connectivity index (χ2v) is 10.9. The van der Waals surface area contributed by atoms with Gasteiger partial charge in [0.05, 0.1) is 30.8 Å². The lowest BCUT2D eigenvalue weighted by atomic mass is 9.66. The number of aromatic nitrogens is 1.